The highest BCUT2D eigenvalue weighted by Crippen LogP contribution is 2.33. The molecule has 0 aliphatic heterocycles. The van der Waals surface area contributed by atoms with Crippen molar-refractivity contribution in [3.63, 3.8) is 0 Å². The highest BCUT2D eigenvalue weighted by molar-refractivity contribution is 5.75. The van der Waals surface area contributed by atoms with Crippen LogP contribution in [0.25, 0.3) is 0 Å². The molecule has 0 fully saturated rings. The molecule has 0 spiro atoms. The van der Waals surface area contributed by atoms with E-state index in [-0.39, 0.29) is 0 Å². The van der Waals surface area contributed by atoms with Crippen LogP contribution < -0.4 is 0 Å². The molecule has 22 heavy (non-hydrogen) atoms. The first-order valence-electron chi connectivity index (χ1n) is 5.12. The summed E-state index contributed by atoms with van der Waals surface area (Å²) in [5.74, 6) is -3.66. The van der Waals surface area contributed by atoms with E-state index in [1.165, 1.54) is 0 Å². The number of alkyl halides is 6. The predicted octanol–water partition coefficient (Wildman–Crippen LogP) is 1.12. The molecule has 0 amide bonds. The Kier molecular flexibility index (Phi) is 7.05. The molecule has 0 heterocycles. The molecule has 0 saturated carbocycles. The van der Waals surface area contributed by atoms with Crippen molar-refractivity contribution in [1.29, 1.82) is 0 Å². The molecule has 0 aromatic carbocycles. The summed E-state index contributed by atoms with van der Waals surface area (Å²) in [6, 6.07) is 0. The predicted molar refractivity (Wildman–Crippen MR) is 51.9 cm³/mol. The number of ether oxygens (including phenoxy) is 5. The van der Waals surface area contributed by atoms with Gasteiger partial charge in [-0.05, 0) is 0 Å². The number of methoxy groups -OCH3 is 2. The average molecular weight is 344 g/mol. The SMILES string of the molecule is COC(=O)COCC(F)(F)OC(F)(F)OC(F)(F)C(=O)OC. The summed E-state index contributed by atoms with van der Waals surface area (Å²) < 4.78 is 93.5. The first-order chi connectivity index (χ1) is 9.85. The fourth-order valence-corrected chi connectivity index (χ4v) is 0.846. The van der Waals surface area contributed by atoms with Crippen LogP contribution in [0.1, 0.15) is 0 Å². The Morgan fingerprint density at radius 1 is 0.909 bits per heavy atom. The minimum Gasteiger partial charge on any atom is -0.467 e. The summed E-state index contributed by atoms with van der Waals surface area (Å²) in [4.78, 5) is 20.9. The lowest BCUT2D eigenvalue weighted by molar-refractivity contribution is -0.509. The zero-order chi connectivity index (χ0) is 17.6. The molecule has 0 bridgehead atoms. The highest BCUT2D eigenvalue weighted by atomic mass is 19.3. The molecule has 0 rings (SSSR count). The Hall–Kier alpha value is -1.60. The zero-order valence-corrected chi connectivity index (χ0v) is 11.0. The van der Waals surface area contributed by atoms with E-state index in [1.54, 1.807) is 0 Å². The fraction of sp³-hybridized carbons (Fsp3) is 0.778. The van der Waals surface area contributed by atoms with Crippen LogP contribution in [0.5, 0.6) is 0 Å². The molecule has 0 N–H and O–H groups in total. The van der Waals surface area contributed by atoms with Crippen molar-refractivity contribution in [3.05, 3.63) is 0 Å². The van der Waals surface area contributed by atoms with Gasteiger partial charge < -0.3 is 14.2 Å². The Morgan fingerprint density at radius 3 is 1.91 bits per heavy atom. The van der Waals surface area contributed by atoms with Crippen LogP contribution in [0.2, 0.25) is 0 Å². The summed E-state index contributed by atoms with van der Waals surface area (Å²) in [5.41, 5.74) is 0. The van der Waals surface area contributed by atoms with Gasteiger partial charge in [-0.25, -0.2) is 19.1 Å². The van der Waals surface area contributed by atoms with Crippen molar-refractivity contribution in [2.24, 2.45) is 0 Å². The van der Waals surface area contributed by atoms with Gasteiger partial charge in [-0.2, -0.15) is 17.6 Å². The average Bonchev–Trinajstić information content (AvgIpc) is 2.34. The maximum atomic E-state index is 12.9. The topological polar surface area (TPSA) is 80.3 Å². The molecule has 0 aliphatic carbocycles. The largest absolute Gasteiger partial charge is 0.495 e. The van der Waals surface area contributed by atoms with Gasteiger partial charge in [0.15, 0.2) is 0 Å². The number of esters is 2. The summed E-state index contributed by atoms with van der Waals surface area (Å²) in [7, 11) is 1.32. The van der Waals surface area contributed by atoms with Gasteiger partial charge in [0.05, 0.1) is 14.2 Å². The van der Waals surface area contributed by atoms with Crippen molar-refractivity contribution in [1.82, 2.24) is 0 Å². The number of hydrogen-bond acceptors (Lipinski definition) is 7. The molecule has 0 unspecified atom stereocenters. The van der Waals surface area contributed by atoms with Crippen LogP contribution in [-0.4, -0.2) is 57.9 Å². The molecule has 0 aromatic heterocycles. The van der Waals surface area contributed by atoms with Crippen LogP contribution in [-0.2, 0) is 33.3 Å². The molecule has 130 valence electrons. The molecule has 0 saturated heterocycles. The third-order valence-electron chi connectivity index (χ3n) is 1.66. The maximum Gasteiger partial charge on any atom is 0.495 e. The van der Waals surface area contributed by atoms with Gasteiger partial charge in [-0.15, -0.1) is 8.78 Å². The van der Waals surface area contributed by atoms with Crippen molar-refractivity contribution in [3.8, 4) is 0 Å². The Morgan fingerprint density at radius 2 is 1.45 bits per heavy atom. The van der Waals surface area contributed by atoms with E-state index in [9.17, 15) is 35.9 Å². The number of hydrogen-bond donors (Lipinski definition) is 0. The lowest BCUT2D eigenvalue weighted by Crippen LogP contribution is -2.45. The van der Waals surface area contributed by atoms with Crippen molar-refractivity contribution in [2.45, 2.75) is 18.5 Å². The molecular formula is C9H10F6O7. The summed E-state index contributed by atoms with van der Waals surface area (Å²) in [6.45, 7) is -2.93. The smallest absolute Gasteiger partial charge is 0.467 e. The van der Waals surface area contributed by atoms with Gasteiger partial charge in [-0.3, -0.25) is 0 Å². The third-order valence-corrected chi connectivity index (χ3v) is 1.66. The Balaban J connectivity index is 4.60. The molecule has 7 nitrogen and oxygen atoms in total. The molecule has 0 aliphatic rings. The van der Waals surface area contributed by atoms with Gasteiger partial charge in [-0.1, -0.05) is 0 Å². The van der Waals surface area contributed by atoms with Crippen molar-refractivity contribution < 1.29 is 59.6 Å². The summed E-state index contributed by atoms with van der Waals surface area (Å²) in [6.07, 6.45) is -15.6. The van der Waals surface area contributed by atoms with E-state index >= 15 is 0 Å². The van der Waals surface area contributed by atoms with Gasteiger partial charge >= 0.3 is 30.5 Å². The van der Waals surface area contributed by atoms with Crippen LogP contribution in [0, 0.1) is 0 Å². The minimum absolute atomic E-state index is 0.424. The van der Waals surface area contributed by atoms with Crippen molar-refractivity contribution in [2.75, 3.05) is 27.4 Å². The minimum atomic E-state index is -5.56. The van der Waals surface area contributed by atoms with Gasteiger partial charge in [0.2, 0.25) is 0 Å². The van der Waals surface area contributed by atoms with E-state index in [1.807, 2.05) is 0 Å². The number of carbonyl (C=O) groups excluding carboxylic acids is 2. The van der Waals surface area contributed by atoms with Crippen LogP contribution in [0.3, 0.4) is 0 Å². The summed E-state index contributed by atoms with van der Waals surface area (Å²) in [5, 5.41) is 0. The lowest BCUT2D eigenvalue weighted by Gasteiger charge is -2.25. The quantitative estimate of drug-likeness (QED) is 0.352. The Labute approximate surface area is 119 Å². The number of halogens is 6. The molecule has 13 heteroatoms. The van der Waals surface area contributed by atoms with Gasteiger partial charge in [0, 0.05) is 0 Å². The fourth-order valence-electron chi connectivity index (χ4n) is 0.846. The first kappa shape index (κ1) is 20.4. The maximum absolute atomic E-state index is 12.9. The number of rotatable bonds is 9. The van der Waals surface area contributed by atoms with E-state index in [2.05, 4.69) is 23.7 Å². The monoisotopic (exact) mass is 344 g/mol. The van der Waals surface area contributed by atoms with Crippen LogP contribution in [0.15, 0.2) is 0 Å². The van der Waals surface area contributed by atoms with Crippen molar-refractivity contribution >= 4 is 11.9 Å². The van der Waals surface area contributed by atoms with Gasteiger partial charge in [0.1, 0.15) is 13.2 Å². The van der Waals surface area contributed by atoms with Gasteiger partial charge in [0.25, 0.3) is 0 Å². The van der Waals surface area contributed by atoms with E-state index in [0.717, 1.165) is 7.11 Å². The molecule has 0 aromatic rings. The lowest BCUT2D eigenvalue weighted by atomic mass is 10.6. The van der Waals surface area contributed by atoms with E-state index in [4.69, 9.17) is 0 Å². The molecular weight excluding hydrogens is 334 g/mol. The highest BCUT2D eigenvalue weighted by Gasteiger charge is 2.56. The van der Waals surface area contributed by atoms with E-state index < -0.39 is 43.7 Å². The molecule has 0 atom stereocenters. The second-order valence-electron chi connectivity index (χ2n) is 3.38. The van der Waals surface area contributed by atoms with Crippen LogP contribution in [0.4, 0.5) is 26.3 Å². The second kappa shape index (κ2) is 7.60. The third kappa shape index (κ3) is 7.42. The molecule has 0 radical (unpaired) electrons. The zero-order valence-electron chi connectivity index (χ0n) is 11.0. The normalized spacial score (nSPS) is 12.9. The second-order valence-corrected chi connectivity index (χ2v) is 3.38. The standard InChI is InChI=1S/C9H10F6O7/c1-18-5(16)3-20-4-7(10,11)21-9(14,15)22-8(12,13)6(17)19-2/h3-4H2,1-2H3. The number of carbonyl (C=O) groups is 2. The van der Waals surface area contributed by atoms with E-state index in [0.29, 0.717) is 7.11 Å². The summed E-state index contributed by atoms with van der Waals surface area (Å²) >= 11 is 0. The first-order valence-corrected chi connectivity index (χ1v) is 5.12. The van der Waals surface area contributed by atoms with Crippen LogP contribution >= 0.6 is 0 Å². The Bertz CT molecular complexity index is 400.